The molecule has 2 N–H and O–H groups in total. The molecule has 17 heavy (non-hydrogen) atoms. The van der Waals surface area contributed by atoms with Crippen molar-refractivity contribution in [3.63, 3.8) is 0 Å². The number of hydrogen-bond donors (Lipinski definition) is 1. The topological polar surface area (TPSA) is 90.7 Å². The van der Waals surface area contributed by atoms with E-state index in [1.54, 1.807) is 4.52 Å². The highest BCUT2D eigenvalue weighted by Gasteiger charge is 2.22. The van der Waals surface area contributed by atoms with Gasteiger partial charge >= 0.3 is 0 Å². The molecule has 0 spiro atoms. The van der Waals surface area contributed by atoms with Gasteiger partial charge in [-0.15, -0.1) is 10.2 Å². The number of aromatic nitrogens is 4. The van der Waals surface area contributed by atoms with Gasteiger partial charge in [-0.2, -0.15) is 9.61 Å². The molecule has 0 amide bonds. The summed E-state index contributed by atoms with van der Waals surface area (Å²) in [4.78, 5) is 5.29. The van der Waals surface area contributed by atoms with Gasteiger partial charge in [0.15, 0.2) is 17.6 Å². The largest absolute Gasteiger partial charge is 0.386 e. The number of nitrogens with two attached hydrogens (primary N) is 1. The number of hydrogen-bond acceptors (Lipinski definition) is 6. The van der Waals surface area contributed by atoms with Crippen LogP contribution in [0.3, 0.4) is 0 Å². The fourth-order valence-corrected chi connectivity index (χ4v) is 1.80. The molecule has 2 aromatic heterocycles. The predicted molar refractivity (Wildman–Crippen MR) is 60.2 cm³/mol. The summed E-state index contributed by atoms with van der Waals surface area (Å²) in [7, 11) is 0. The van der Waals surface area contributed by atoms with E-state index in [1.807, 2.05) is 19.1 Å². The van der Waals surface area contributed by atoms with E-state index in [4.69, 9.17) is 10.6 Å². The minimum Gasteiger partial charge on any atom is -0.386 e. The number of oxime groups is 1. The van der Waals surface area contributed by atoms with Crippen LogP contribution in [0.5, 0.6) is 0 Å². The lowest BCUT2D eigenvalue weighted by molar-refractivity contribution is 0.0816. The molecule has 7 nitrogen and oxygen atoms in total. The lowest BCUT2D eigenvalue weighted by Gasteiger charge is -2.07. The minimum absolute atomic E-state index is 0.118. The van der Waals surface area contributed by atoms with Crippen LogP contribution >= 0.6 is 0 Å². The van der Waals surface area contributed by atoms with Gasteiger partial charge < -0.3 is 10.6 Å². The van der Waals surface area contributed by atoms with Crippen molar-refractivity contribution in [3.8, 4) is 0 Å². The second-order valence-electron chi connectivity index (χ2n) is 3.97. The Morgan fingerprint density at radius 1 is 1.47 bits per heavy atom. The molecule has 0 fully saturated rings. The molecule has 3 heterocycles. The highest BCUT2D eigenvalue weighted by Crippen LogP contribution is 2.25. The number of nitrogens with zero attached hydrogens (tertiary/aromatic N) is 5. The van der Waals surface area contributed by atoms with Gasteiger partial charge in [-0.1, -0.05) is 5.16 Å². The molecule has 0 aliphatic carbocycles. The average molecular weight is 232 g/mol. The summed E-state index contributed by atoms with van der Waals surface area (Å²) in [6, 6.07) is 3.73. The number of rotatable bonds is 2. The smallest absolute Gasteiger partial charge is 0.177 e. The van der Waals surface area contributed by atoms with Crippen molar-refractivity contribution in [3.05, 3.63) is 23.7 Å². The van der Waals surface area contributed by atoms with Crippen molar-refractivity contribution < 1.29 is 4.84 Å². The van der Waals surface area contributed by atoms with Crippen molar-refractivity contribution >= 4 is 11.4 Å². The first-order valence-electron chi connectivity index (χ1n) is 5.38. The van der Waals surface area contributed by atoms with E-state index in [2.05, 4.69) is 20.5 Å². The Morgan fingerprint density at radius 2 is 2.35 bits per heavy atom. The Labute approximate surface area is 97.3 Å². The first-order chi connectivity index (χ1) is 8.28. The van der Waals surface area contributed by atoms with Crippen molar-refractivity contribution in [2.24, 2.45) is 10.9 Å². The zero-order valence-corrected chi connectivity index (χ0v) is 9.37. The fraction of sp³-hybridized carbons (Fsp3) is 0.400. The summed E-state index contributed by atoms with van der Waals surface area (Å²) in [6.45, 7) is 2.24. The molecule has 0 aromatic carbocycles. The van der Waals surface area contributed by atoms with Crippen LogP contribution in [0.4, 0.5) is 0 Å². The van der Waals surface area contributed by atoms with E-state index in [-0.39, 0.29) is 6.10 Å². The summed E-state index contributed by atoms with van der Waals surface area (Å²) < 4.78 is 1.65. The molecular weight excluding hydrogens is 220 g/mol. The Kier molecular flexibility index (Phi) is 2.25. The Balaban J connectivity index is 2.01. The molecular formula is C10H12N6O. The van der Waals surface area contributed by atoms with Gasteiger partial charge in [0.1, 0.15) is 5.69 Å². The monoisotopic (exact) mass is 232 g/mol. The Morgan fingerprint density at radius 3 is 3.06 bits per heavy atom. The lowest BCUT2D eigenvalue weighted by atomic mass is 10.1. The summed E-state index contributed by atoms with van der Waals surface area (Å²) in [5.74, 6) is 0.637. The van der Waals surface area contributed by atoms with Gasteiger partial charge in [-0.25, -0.2) is 0 Å². The maximum atomic E-state index is 5.57. The third kappa shape index (κ3) is 1.64. The third-order valence-corrected chi connectivity index (χ3v) is 2.68. The van der Waals surface area contributed by atoms with Crippen LogP contribution in [-0.4, -0.2) is 25.5 Å². The highest BCUT2D eigenvalue weighted by molar-refractivity contribution is 5.82. The van der Waals surface area contributed by atoms with Crippen LogP contribution in [0.25, 0.3) is 5.65 Å². The molecule has 88 valence electrons. The molecule has 0 saturated heterocycles. The molecule has 1 aliphatic rings. The maximum Gasteiger partial charge on any atom is 0.177 e. The fourth-order valence-electron chi connectivity index (χ4n) is 1.80. The zero-order chi connectivity index (χ0) is 11.8. The molecule has 1 atom stereocenters. The lowest BCUT2D eigenvalue weighted by Crippen LogP contribution is -2.09. The van der Waals surface area contributed by atoms with E-state index in [1.165, 1.54) is 0 Å². The molecule has 7 heteroatoms. The maximum absolute atomic E-state index is 5.57. The molecule has 1 aliphatic heterocycles. The number of fused-ring (bicyclic) bond motifs is 1. The second-order valence-corrected chi connectivity index (χ2v) is 3.97. The van der Waals surface area contributed by atoms with Crippen LogP contribution in [-0.2, 0) is 11.4 Å². The van der Waals surface area contributed by atoms with Crippen molar-refractivity contribution in [1.82, 2.24) is 19.8 Å². The van der Waals surface area contributed by atoms with Crippen molar-refractivity contribution in [2.75, 3.05) is 0 Å². The van der Waals surface area contributed by atoms with Crippen LogP contribution in [0, 0.1) is 0 Å². The molecule has 0 bridgehead atoms. The zero-order valence-electron chi connectivity index (χ0n) is 9.37. The minimum atomic E-state index is -0.118. The second kappa shape index (κ2) is 3.77. The van der Waals surface area contributed by atoms with Gasteiger partial charge in [-0.3, -0.25) is 0 Å². The average Bonchev–Trinajstić information content (AvgIpc) is 2.94. The van der Waals surface area contributed by atoms with Crippen LogP contribution in [0.15, 0.2) is 17.3 Å². The SMILES string of the molecule is CC1=NOC(c2ccc3nnc(CN)n3n2)C1. The van der Waals surface area contributed by atoms with E-state index >= 15 is 0 Å². The van der Waals surface area contributed by atoms with Gasteiger partial charge in [0.05, 0.1) is 12.3 Å². The summed E-state index contributed by atoms with van der Waals surface area (Å²) >= 11 is 0. The molecule has 2 aromatic rings. The Hall–Kier alpha value is -2.02. The van der Waals surface area contributed by atoms with Gasteiger partial charge in [0.25, 0.3) is 0 Å². The summed E-state index contributed by atoms with van der Waals surface area (Å²) in [6.07, 6.45) is 0.644. The molecule has 3 rings (SSSR count). The summed E-state index contributed by atoms with van der Waals surface area (Å²) in [5.41, 5.74) is 8.04. The van der Waals surface area contributed by atoms with Crippen molar-refractivity contribution in [2.45, 2.75) is 26.0 Å². The molecule has 0 saturated carbocycles. The van der Waals surface area contributed by atoms with Gasteiger partial charge in [0.2, 0.25) is 0 Å². The predicted octanol–water partition coefficient (Wildman–Crippen LogP) is 0.420. The normalized spacial score (nSPS) is 19.4. The van der Waals surface area contributed by atoms with Crippen molar-refractivity contribution in [1.29, 1.82) is 0 Å². The van der Waals surface area contributed by atoms with E-state index in [9.17, 15) is 0 Å². The standard InChI is InChI=1S/C10H12N6O/c1-6-4-8(17-15-6)7-2-3-9-12-13-10(5-11)16(9)14-7/h2-3,8H,4-5,11H2,1H3. The van der Waals surface area contributed by atoms with E-state index in [0.717, 1.165) is 17.8 Å². The first-order valence-corrected chi connectivity index (χ1v) is 5.38. The van der Waals surface area contributed by atoms with E-state index < -0.39 is 0 Å². The first kappa shape index (κ1) is 10.2. The quantitative estimate of drug-likeness (QED) is 0.810. The van der Waals surface area contributed by atoms with Crippen LogP contribution < -0.4 is 5.73 Å². The van der Waals surface area contributed by atoms with Crippen LogP contribution in [0.1, 0.15) is 31.0 Å². The van der Waals surface area contributed by atoms with Gasteiger partial charge in [0, 0.05) is 6.42 Å². The highest BCUT2D eigenvalue weighted by atomic mass is 16.6. The Bertz CT molecular complexity index is 589. The molecule has 1 unspecified atom stereocenters. The third-order valence-electron chi connectivity index (χ3n) is 2.68. The molecule has 0 radical (unpaired) electrons. The van der Waals surface area contributed by atoms with Gasteiger partial charge in [-0.05, 0) is 19.1 Å². The summed E-state index contributed by atoms with van der Waals surface area (Å²) in [5, 5.41) is 16.3. The van der Waals surface area contributed by atoms with Crippen LogP contribution in [0.2, 0.25) is 0 Å². The van der Waals surface area contributed by atoms with E-state index in [0.29, 0.717) is 18.0 Å².